The number of carbonyl (C=O) groups is 1. The first kappa shape index (κ1) is 18.8. The van der Waals surface area contributed by atoms with Gasteiger partial charge in [0.15, 0.2) is 0 Å². The zero-order valence-corrected chi connectivity index (χ0v) is 16.0. The van der Waals surface area contributed by atoms with Crippen molar-refractivity contribution in [2.45, 2.75) is 19.0 Å². The summed E-state index contributed by atoms with van der Waals surface area (Å²) in [4.78, 5) is 14.7. The SMILES string of the molecule is Cn1ncc(C#N)c1-c1ccc2c(c1)CN([C@H](CN)Cc1cccc(F)c1)C2=O. The number of nitriles is 1. The Bertz CT molecular complexity index is 1130. The van der Waals surface area contributed by atoms with Crippen LogP contribution in [0.15, 0.2) is 48.7 Å². The minimum atomic E-state index is -0.302. The lowest BCUT2D eigenvalue weighted by atomic mass is 10.0. The molecule has 0 fully saturated rings. The molecule has 1 aliphatic rings. The van der Waals surface area contributed by atoms with E-state index in [1.54, 1.807) is 28.8 Å². The molecule has 0 radical (unpaired) electrons. The van der Waals surface area contributed by atoms with Crippen molar-refractivity contribution in [1.82, 2.24) is 14.7 Å². The van der Waals surface area contributed by atoms with E-state index in [4.69, 9.17) is 5.73 Å². The van der Waals surface area contributed by atoms with Crippen LogP contribution < -0.4 is 5.73 Å². The zero-order chi connectivity index (χ0) is 20.5. The van der Waals surface area contributed by atoms with Crippen LogP contribution >= 0.6 is 0 Å². The predicted octanol–water partition coefficient (Wildman–Crippen LogP) is 2.62. The van der Waals surface area contributed by atoms with Crippen LogP contribution in [0, 0.1) is 17.1 Å². The number of rotatable bonds is 5. The molecule has 0 saturated heterocycles. The Kier molecular flexibility index (Phi) is 4.87. The summed E-state index contributed by atoms with van der Waals surface area (Å²) < 4.78 is 15.2. The van der Waals surface area contributed by atoms with Crippen molar-refractivity contribution in [3.05, 3.63) is 76.7 Å². The maximum Gasteiger partial charge on any atom is 0.254 e. The molecule has 0 unspecified atom stereocenters. The van der Waals surface area contributed by atoms with Gasteiger partial charge in [-0.2, -0.15) is 10.4 Å². The molecule has 1 amide bonds. The normalized spacial score (nSPS) is 14.0. The number of hydrogen-bond donors (Lipinski definition) is 1. The average molecular weight is 389 g/mol. The van der Waals surface area contributed by atoms with Gasteiger partial charge in [-0.25, -0.2) is 4.39 Å². The van der Waals surface area contributed by atoms with Gasteiger partial charge in [-0.05, 0) is 41.8 Å². The van der Waals surface area contributed by atoms with Gasteiger partial charge >= 0.3 is 0 Å². The Morgan fingerprint density at radius 1 is 1.31 bits per heavy atom. The molecular weight excluding hydrogens is 369 g/mol. The van der Waals surface area contributed by atoms with Crippen molar-refractivity contribution in [1.29, 1.82) is 5.26 Å². The third-order valence-electron chi connectivity index (χ3n) is 5.34. The maximum absolute atomic E-state index is 13.5. The summed E-state index contributed by atoms with van der Waals surface area (Å²) in [6.45, 7) is 0.711. The third kappa shape index (κ3) is 3.39. The molecule has 146 valence electrons. The smallest absolute Gasteiger partial charge is 0.254 e. The maximum atomic E-state index is 13.5. The van der Waals surface area contributed by atoms with Crippen LogP contribution in [0.1, 0.15) is 27.0 Å². The highest BCUT2D eigenvalue weighted by atomic mass is 19.1. The van der Waals surface area contributed by atoms with Crippen molar-refractivity contribution in [3.63, 3.8) is 0 Å². The largest absolute Gasteiger partial charge is 0.330 e. The number of hydrogen-bond acceptors (Lipinski definition) is 4. The average Bonchev–Trinajstić information content (AvgIpc) is 3.25. The molecule has 3 aromatic rings. The van der Waals surface area contributed by atoms with Crippen LogP contribution in [0.2, 0.25) is 0 Å². The first-order valence-corrected chi connectivity index (χ1v) is 9.32. The number of carbonyl (C=O) groups excluding carboxylic acids is 1. The van der Waals surface area contributed by atoms with E-state index in [-0.39, 0.29) is 24.3 Å². The van der Waals surface area contributed by atoms with Gasteiger partial charge in [0, 0.05) is 37.3 Å². The quantitative estimate of drug-likeness (QED) is 0.727. The number of fused-ring (bicyclic) bond motifs is 1. The summed E-state index contributed by atoms with van der Waals surface area (Å²) in [6, 6.07) is 13.8. The lowest BCUT2D eigenvalue weighted by Crippen LogP contribution is -2.42. The van der Waals surface area contributed by atoms with Gasteiger partial charge in [-0.1, -0.05) is 18.2 Å². The van der Waals surface area contributed by atoms with E-state index in [0.29, 0.717) is 24.1 Å². The van der Waals surface area contributed by atoms with Crippen LogP contribution in [0.25, 0.3) is 11.3 Å². The van der Waals surface area contributed by atoms with Crippen LogP contribution in [0.4, 0.5) is 4.39 Å². The second-order valence-electron chi connectivity index (χ2n) is 7.17. The molecule has 0 aliphatic carbocycles. The van der Waals surface area contributed by atoms with Crippen LogP contribution in [0.5, 0.6) is 0 Å². The highest BCUT2D eigenvalue weighted by molar-refractivity contribution is 5.99. The molecule has 1 atom stereocenters. The van der Waals surface area contributed by atoms with E-state index < -0.39 is 0 Å². The lowest BCUT2D eigenvalue weighted by molar-refractivity contribution is 0.0708. The molecule has 2 heterocycles. The monoisotopic (exact) mass is 389 g/mol. The number of nitrogens with two attached hydrogens (primary N) is 1. The standard InChI is InChI=1S/C22H20FN5O/c1-27-21(17(10-24)12-26-27)15-5-6-20-16(9-15)13-28(22(20)29)19(11-25)8-14-3-2-4-18(23)7-14/h2-7,9,12,19H,8,11,13,25H2,1H3/t19-/m0/s1. The second-order valence-corrected chi connectivity index (χ2v) is 7.17. The van der Waals surface area contributed by atoms with Gasteiger partial charge in [0.1, 0.15) is 11.9 Å². The zero-order valence-electron chi connectivity index (χ0n) is 16.0. The molecule has 2 aromatic carbocycles. The molecule has 1 aliphatic heterocycles. The number of halogens is 1. The summed E-state index contributed by atoms with van der Waals surface area (Å²) in [5.74, 6) is -0.382. The van der Waals surface area contributed by atoms with Crippen molar-refractivity contribution in [2.24, 2.45) is 12.8 Å². The minimum Gasteiger partial charge on any atom is -0.330 e. The fraction of sp³-hybridized carbons (Fsp3) is 0.227. The first-order chi connectivity index (χ1) is 14.0. The number of amides is 1. The van der Waals surface area contributed by atoms with Crippen molar-refractivity contribution < 1.29 is 9.18 Å². The summed E-state index contributed by atoms with van der Waals surface area (Å²) in [6.07, 6.45) is 2.02. The molecular formula is C22H20FN5O. The molecule has 7 heteroatoms. The van der Waals surface area contributed by atoms with Gasteiger partial charge in [0.05, 0.1) is 17.5 Å². The molecule has 0 saturated carbocycles. The Balaban J connectivity index is 1.62. The van der Waals surface area contributed by atoms with E-state index in [9.17, 15) is 14.4 Å². The molecule has 6 nitrogen and oxygen atoms in total. The molecule has 29 heavy (non-hydrogen) atoms. The number of nitrogens with zero attached hydrogens (tertiary/aromatic N) is 4. The molecule has 4 rings (SSSR count). The lowest BCUT2D eigenvalue weighted by Gasteiger charge is -2.26. The summed E-state index contributed by atoms with van der Waals surface area (Å²) in [7, 11) is 1.78. The predicted molar refractivity (Wildman–Crippen MR) is 106 cm³/mol. The summed E-state index contributed by atoms with van der Waals surface area (Å²) in [5.41, 5.74) is 10.3. The summed E-state index contributed by atoms with van der Waals surface area (Å²) in [5, 5.41) is 13.5. The molecule has 0 spiro atoms. The minimum absolute atomic E-state index is 0.0797. The van der Waals surface area contributed by atoms with E-state index in [1.165, 1.54) is 18.3 Å². The van der Waals surface area contributed by atoms with E-state index >= 15 is 0 Å². The topological polar surface area (TPSA) is 87.9 Å². The van der Waals surface area contributed by atoms with E-state index in [0.717, 1.165) is 22.4 Å². The van der Waals surface area contributed by atoms with E-state index in [2.05, 4.69) is 11.2 Å². The second kappa shape index (κ2) is 7.49. The van der Waals surface area contributed by atoms with Gasteiger partial charge in [0.2, 0.25) is 0 Å². The van der Waals surface area contributed by atoms with Gasteiger partial charge in [0.25, 0.3) is 5.91 Å². The Labute approximate surface area is 168 Å². The van der Waals surface area contributed by atoms with Crippen LogP contribution in [-0.2, 0) is 20.0 Å². The fourth-order valence-electron chi connectivity index (χ4n) is 3.90. The molecule has 0 bridgehead atoms. The van der Waals surface area contributed by atoms with Gasteiger partial charge in [-0.15, -0.1) is 0 Å². The summed E-state index contributed by atoms with van der Waals surface area (Å²) >= 11 is 0. The number of aryl methyl sites for hydroxylation is 1. The van der Waals surface area contributed by atoms with Crippen molar-refractivity contribution >= 4 is 5.91 Å². The Morgan fingerprint density at radius 2 is 2.14 bits per heavy atom. The first-order valence-electron chi connectivity index (χ1n) is 9.32. The van der Waals surface area contributed by atoms with Crippen LogP contribution in [-0.4, -0.2) is 33.2 Å². The fourth-order valence-corrected chi connectivity index (χ4v) is 3.90. The number of aromatic nitrogens is 2. The van der Waals surface area contributed by atoms with Crippen molar-refractivity contribution in [2.75, 3.05) is 6.54 Å². The molecule has 2 N–H and O–H groups in total. The van der Waals surface area contributed by atoms with Gasteiger partial charge in [-0.3, -0.25) is 9.48 Å². The highest BCUT2D eigenvalue weighted by Crippen LogP contribution is 2.31. The number of benzene rings is 2. The van der Waals surface area contributed by atoms with Crippen LogP contribution in [0.3, 0.4) is 0 Å². The highest BCUT2D eigenvalue weighted by Gasteiger charge is 2.32. The van der Waals surface area contributed by atoms with Gasteiger partial charge < -0.3 is 10.6 Å². The molecule has 1 aromatic heterocycles. The van der Waals surface area contributed by atoms with Crippen molar-refractivity contribution in [3.8, 4) is 17.3 Å². The Hall–Kier alpha value is -3.50. The third-order valence-corrected chi connectivity index (χ3v) is 5.34. The Morgan fingerprint density at radius 3 is 2.86 bits per heavy atom. The van der Waals surface area contributed by atoms with E-state index in [1.807, 2.05) is 18.2 Å².